The highest BCUT2D eigenvalue weighted by Crippen LogP contribution is 2.28. The molecule has 0 aromatic heterocycles. The summed E-state index contributed by atoms with van der Waals surface area (Å²) in [4.78, 5) is 0. The van der Waals surface area contributed by atoms with Crippen LogP contribution in [-0.4, -0.2) is 24.7 Å². The SMILES string of the molecule is CO[C@@H]1CCCC[C@@H]1SC. The zero-order valence-corrected chi connectivity index (χ0v) is 7.62. The Morgan fingerprint density at radius 1 is 1.30 bits per heavy atom. The van der Waals surface area contributed by atoms with Crippen molar-refractivity contribution in [2.24, 2.45) is 0 Å². The predicted molar refractivity (Wildman–Crippen MR) is 46.6 cm³/mol. The molecule has 60 valence electrons. The van der Waals surface area contributed by atoms with Gasteiger partial charge in [0.05, 0.1) is 6.10 Å². The van der Waals surface area contributed by atoms with Gasteiger partial charge in [0.15, 0.2) is 0 Å². The van der Waals surface area contributed by atoms with E-state index in [-0.39, 0.29) is 0 Å². The van der Waals surface area contributed by atoms with Crippen molar-refractivity contribution in [1.82, 2.24) is 0 Å². The van der Waals surface area contributed by atoms with Gasteiger partial charge in [-0.3, -0.25) is 0 Å². The maximum atomic E-state index is 5.37. The second-order valence-corrected chi connectivity index (χ2v) is 3.91. The van der Waals surface area contributed by atoms with Crippen LogP contribution in [0.4, 0.5) is 0 Å². The molecule has 0 N–H and O–H groups in total. The first kappa shape index (κ1) is 8.41. The van der Waals surface area contributed by atoms with E-state index in [1.807, 2.05) is 18.9 Å². The summed E-state index contributed by atoms with van der Waals surface area (Å²) in [6.45, 7) is 0. The van der Waals surface area contributed by atoms with E-state index in [0.29, 0.717) is 6.10 Å². The highest BCUT2D eigenvalue weighted by molar-refractivity contribution is 7.99. The quantitative estimate of drug-likeness (QED) is 0.613. The van der Waals surface area contributed by atoms with Gasteiger partial charge in [0.25, 0.3) is 0 Å². The van der Waals surface area contributed by atoms with Crippen LogP contribution in [0.5, 0.6) is 0 Å². The topological polar surface area (TPSA) is 9.23 Å². The maximum Gasteiger partial charge on any atom is 0.0689 e. The van der Waals surface area contributed by atoms with Crippen molar-refractivity contribution in [3.63, 3.8) is 0 Å². The molecule has 2 atom stereocenters. The molecule has 10 heavy (non-hydrogen) atoms. The summed E-state index contributed by atoms with van der Waals surface area (Å²) >= 11 is 1.95. The molecule has 1 rings (SSSR count). The van der Waals surface area contributed by atoms with E-state index in [1.165, 1.54) is 25.7 Å². The van der Waals surface area contributed by atoms with Crippen molar-refractivity contribution in [3.05, 3.63) is 0 Å². The highest BCUT2D eigenvalue weighted by atomic mass is 32.2. The van der Waals surface area contributed by atoms with Gasteiger partial charge in [-0.15, -0.1) is 0 Å². The van der Waals surface area contributed by atoms with Crippen LogP contribution >= 0.6 is 11.8 Å². The number of thioether (sulfide) groups is 1. The minimum Gasteiger partial charge on any atom is -0.380 e. The Labute approximate surface area is 67.5 Å². The smallest absolute Gasteiger partial charge is 0.0689 e. The average molecular weight is 160 g/mol. The van der Waals surface area contributed by atoms with Crippen LogP contribution in [-0.2, 0) is 4.74 Å². The van der Waals surface area contributed by atoms with E-state index in [0.717, 1.165) is 5.25 Å². The minimum atomic E-state index is 0.531. The second kappa shape index (κ2) is 4.24. The summed E-state index contributed by atoms with van der Waals surface area (Å²) in [6.07, 6.45) is 8.08. The van der Waals surface area contributed by atoms with Crippen LogP contribution in [0.3, 0.4) is 0 Å². The molecule has 0 amide bonds. The third kappa shape index (κ3) is 1.89. The molecule has 0 radical (unpaired) electrons. The minimum absolute atomic E-state index is 0.531. The molecular formula is C8H16OS. The van der Waals surface area contributed by atoms with E-state index >= 15 is 0 Å². The van der Waals surface area contributed by atoms with Gasteiger partial charge in [-0.05, 0) is 19.1 Å². The zero-order valence-electron chi connectivity index (χ0n) is 6.80. The van der Waals surface area contributed by atoms with Gasteiger partial charge >= 0.3 is 0 Å². The van der Waals surface area contributed by atoms with Gasteiger partial charge in [0.2, 0.25) is 0 Å². The lowest BCUT2D eigenvalue weighted by atomic mass is 9.97. The van der Waals surface area contributed by atoms with Crippen LogP contribution in [0.25, 0.3) is 0 Å². The van der Waals surface area contributed by atoms with Gasteiger partial charge in [0.1, 0.15) is 0 Å². The predicted octanol–water partition coefficient (Wildman–Crippen LogP) is 2.31. The van der Waals surface area contributed by atoms with Gasteiger partial charge in [-0.25, -0.2) is 0 Å². The first-order valence-corrected chi connectivity index (χ1v) is 5.23. The molecule has 2 heteroatoms. The van der Waals surface area contributed by atoms with E-state index in [1.54, 1.807) is 0 Å². The summed E-state index contributed by atoms with van der Waals surface area (Å²) in [6, 6.07) is 0. The van der Waals surface area contributed by atoms with E-state index < -0.39 is 0 Å². The maximum absolute atomic E-state index is 5.37. The Morgan fingerprint density at radius 2 is 2.00 bits per heavy atom. The fraction of sp³-hybridized carbons (Fsp3) is 1.00. The third-order valence-corrected chi connectivity index (χ3v) is 3.39. The molecule has 0 heterocycles. The monoisotopic (exact) mass is 160 g/mol. The Morgan fingerprint density at radius 3 is 2.50 bits per heavy atom. The number of rotatable bonds is 2. The summed E-state index contributed by atoms with van der Waals surface area (Å²) in [5, 5.41) is 0.763. The molecule has 1 aliphatic carbocycles. The van der Waals surface area contributed by atoms with E-state index in [9.17, 15) is 0 Å². The van der Waals surface area contributed by atoms with Crippen molar-refractivity contribution >= 4 is 11.8 Å². The summed E-state index contributed by atoms with van der Waals surface area (Å²) in [5.41, 5.74) is 0. The molecular weight excluding hydrogens is 144 g/mol. The molecule has 1 fully saturated rings. The van der Waals surface area contributed by atoms with Crippen molar-refractivity contribution in [1.29, 1.82) is 0 Å². The van der Waals surface area contributed by atoms with E-state index in [2.05, 4.69) is 6.26 Å². The first-order valence-electron chi connectivity index (χ1n) is 3.94. The average Bonchev–Trinajstić information content (AvgIpc) is 2.04. The molecule has 1 nitrogen and oxygen atoms in total. The fourth-order valence-corrected chi connectivity index (χ4v) is 2.56. The molecule has 0 spiro atoms. The molecule has 0 aliphatic heterocycles. The van der Waals surface area contributed by atoms with Crippen LogP contribution < -0.4 is 0 Å². The third-order valence-electron chi connectivity index (χ3n) is 2.25. The Hall–Kier alpha value is 0.310. The van der Waals surface area contributed by atoms with Crippen molar-refractivity contribution < 1.29 is 4.74 Å². The lowest BCUT2D eigenvalue weighted by molar-refractivity contribution is 0.0764. The molecule has 0 aromatic carbocycles. The summed E-state index contributed by atoms with van der Waals surface area (Å²) < 4.78 is 5.37. The van der Waals surface area contributed by atoms with Gasteiger partial charge in [0, 0.05) is 12.4 Å². The van der Waals surface area contributed by atoms with Crippen molar-refractivity contribution in [2.75, 3.05) is 13.4 Å². The number of ether oxygens (including phenoxy) is 1. The van der Waals surface area contributed by atoms with Crippen LogP contribution in [0.15, 0.2) is 0 Å². The van der Waals surface area contributed by atoms with Crippen molar-refractivity contribution in [3.8, 4) is 0 Å². The zero-order chi connectivity index (χ0) is 7.40. The number of hydrogen-bond donors (Lipinski definition) is 0. The Bertz CT molecular complexity index is 83.3. The fourth-order valence-electron chi connectivity index (χ4n) is 1.60. The van der Waals surface area contributed by atoms with Gasteiger partial charge in [-0.1, -0.05) is 12.8 Å². The van der Waals surface area contributed by atoms with E-state index in [4.69, 9.17) is 4.74 Å². The standard InChI is InChI=1S/C8H16OS/c1-9-7-5-3-4-6-8(7)10-2/h7-8H,3-6H2,1-2H3/t7-,8+/m1/s1. The lowest BCUT2D eigenvalue weighted by Gasteiger charge is -2.28. The number of hydrogen-bond acceptors (Lipinski definition) is 2. The summed E-state index contributed by atoms with van der Waals surface area (Å²) in [5.74, 6) is 0. The molecule has 1 aliphatic rings. The molecule has 0 unspecified atom stereocenters. The second-order valence-electron chi connectivity index (χ2n) is 2.83. The summed E-state index contributed by atoms with van der Waals surface area (Å²) in [7, 11) is 1.83. The highest BCUT2D eigenvalue weighted by Gasteiger charge is 2.23. The van der Waals surface area contributed by atoms with Crippen molar-refractivity contribution in [2.45, 2.75) is 37.0 Å². The Balaban J connectivity index is 2.34. The van der Waals surface area contributed by atoms with Gasteiger partial charge < -0.3 is 4.74 Å². The normalized spacial score (nSPS) is 34.2. The van der Waals surface area contributed by atoms with Crippen LogP contribution in [0, 0.1) is 0 Å². The molecule has 0 bridgehead atoms. The van der Waals surface area contributed by atoms with Crippen LogP contribution in [0.1, 0.15) is 25.7 Å². The lowest BCUT2D eigenvalue weighted by Crippen LogP contribution is -2.28. The molecule has 0 saturated heterocycles. The largest absolute Gasteiger partial charge is 0.380 e. The first-order chi connectivity index (χ1) is 4.88. The van der Waals surface area contributed by atoms with Gasteiger partial charge in [-0.2, -0.15) is 11.8 Å². The Kier molecular flexibility index (Phi) is 3.57. The molecule has 1 saturated carbocycles. The molecule has 0 aromatic rings. The van der Waals surface area contributed by atoms with Crippen LogP contribution in [0.2, 0.25) is 0 Å². The number of methoxy groups -OCH3 is 1.